The van der Waals surface area contributed by atoms with Gasteiger partial charge < -0.3 is 10.5 Å². The Kier molecular flexibility index (Phi) is 7.95. The highest BCUT2D eigenvalue weighted by Gasteiger charge is 2.41. The smallest absolute Gasteiger partial charge is 0.387 e. The number of amidine groups is 1. The summed E-state index contributed by atoms with van der Waals surface area (Å²) in [5.74, 6) is -2.86. The van der Waals surface area contributed by atoms with Crippen LogP contribution in [0.3, 0.4) is 0 Å². The number of alkyl halides is 3. The van der Waals surface area contributed by atoms with Crippen LogP contribution in [0.1, 0.15) is 39.0 Å². The number of nitrogens with two attached hydrogens (primary N) is 1. The minimum absolute atomic E-state index is 0.295. The van der Waals surface area contributed by atoms with Gasteiger partial charge >= 0.3 is 6.18 Å². The maximum Gasteiger partial charge on any atom is 0.400 e. The minimum Gasteiger partial charge on any atom is -0.387 e. The molecule has 0 rings (SSSR count). The third-order valence-electron chi connectivity index (χ3n) is 2.45. The van der Waals surface area contributed by atoms with Crippen molar-refractivity contribution >= 4 is 5.84 Å². The van der Waals surface area contributed by atoms with Crippen LogP contribution in [0.5, 0.6) is 0 Å². The lowest BCUT2D eigenvalue weighted by molar-refractivity contribution is -0.168. The van der Waals surface area contributed by atoms with Crippen LogP contribution < -0.4 is 5.73 Å². The van der Waals surface area contributed by atoms with E-state index >= 15 is 0 Å². The third-order valence-corrected chi connectivity index (χ3v) is 2.45. The van der Waals surface area contributed by atoms with E-state index in [2.05, 4.69) is 6.92 Å². The number of halogens is 3. The summed E-state index contributed by atoms with van der Waals surface area (Å²) < 4.78 is 42.0. The van der Waals surface area contributed by atoms with Gasteiger partial charge in [0.05, 0.1) is 6.61 Å². The molecule has 0 heterocycles. The zero-order valence-electron chi connectivity index (χ0n) is 10.1. The number of unbranched alkanes of at least 4 members (excludes halogenated alkanes) is 4. The van der Waals surface area contributed by atoms with Gasteiger partial charge in [0.25, 0.3) is 0 Å². The van der Waals surface area contributed by atoms with E-state index in [0.717, 1.165) is 32.1 Å². The molecule has 0 aliphatic rings. The Hall–Kier alpha value is -0.780. The Morgan fingerprint density at radius 1 is 1.24 bits per heavy atom. The summed E-state index contributed by atoms with van der Waals surface area (Å²) in [5.41, 5.74) is 4.89. The van der Waals surface area contributed by atoms with Gasteiger partial charge in [-0.15, -0.1) is 0 Å². The van der Waals surface area contributed by atoms with E-state index in [-0.39, 0.29) is 0 Å². The topological polar surface area (TPSA) is 59.1 Å². The van der Waals surface area contributed by atoms with Crippen LogP contribution in [0.2, 0.25) is 0 Å². The Balaban J connectivity index is 3.67. The van der Waals surface area contributed by atoms with Gasteiger partial charge in [-0.05, 0) is 6.42 Å². The molecule has 0 fully saturated rings. The molecule has 6 heteroatoms. The zero-order valence-corrected chi connectivity index (χ0v) is 10.1. The fourth-order valence-corrected chi connectivity index (χ4v) is 1.37. The number of rotatable bonds is 9. The second-order valence-electron chi connectivity index (χ2n) is 4.04. The van der Waals surface area contributed by atoms with Crippen LogP contribution in [0.4, 0.5) is 13.2 Å². The fraction of sp³-hybridized carbons (Fsp3) is 0.909. The summed E-state index contributed by atoms with van der Waals surface area (Å²) in [7, 11) is 0. The second kappa shape index (κ2) is 8.33. The highest BCUT2D eigenvalue weighted by molar-refractivity contribution is 5.80. The summed E-state index contributed by atoms with van der Waals surface area (Å²) in [6.45, 7) is 1.84. The molecule has 3 N–H and O–H groups in total. The molecule has 0 amide bonds. The van der Waals surface area contributed by atoms with E-state index in [4.69, 9.17) is 15.9 Å². The molecule has 1 unspecified atom stereocenters. The van der Waals surface area contributed by atoms with E-state index in [1.54, 1.807) is 0 Å². The van der Waals surface area contributed by atoms with Gasteiger partial charge in [0.15, 0.2) is 0 Å². The Morgan fingerprint density at radius 2 is 1.82 bits per heavy atom. The van der Waals surface area contributed by atoms with Gasteiger partial charge in [-0.25, -0.2) is 0 Å². The Bertz CT molecular complexity index is 219. The van der Waals surface area contributed by atoms with Gasteiger partial charge in [-0.2, -0.15) is 13.2 Å². The molecular weight excluding hydrogens is 233 g/mol. The molecule has 0 spiro atoms. The Labute approximate surface area is 100 Å². The first-order valence-electron chi connectivity index (χ1n) is 5.88. The molecule has 3 nitrogen and oxygen atoms in total. The van der Waals surface area contributed by atoms with Crippen molar-refractivity contribution in [3.8, 4) is 0 Å². The minimum atomic E-state index is -4.49. The van der Waals surface area contributed by atoms with Crippen LogP contribution >= 0.6 is 0 Å². The van der Waals surface area contributed by atoms with Crippen molar-refractivity contribution in [3.63, 3.8) is 0 Å². The van der Waals surface area contributed by atoms with Crippen molar-refractivity contribution in [2.45, 2.75) is 45.2 Å². The van der Waals surface area contributed by atoms with Gasteiger partial charge in [-0.3, -0.25) is 5.41 Å². The van der Waals surface area contributed by atoms with E-state index in [9.17, 15) is 13.2 Å². The lowest BCUT2D eigenvalue weighted by Gasteiger charge is -2.18. The van der Waals surface area contributed by atoms with Crippen LogP contribution in [-0.4, -0.2) is 25.2 Å². The monoisotopic (exact) mass is 254 g/mol. The van der Waals surface area contributed by atoms with E-state index in [1.165, 1.54) is 0 Å². The highest BCUT2D eigenvalue weighted by Crippen LogP contribution is 2.26. The average Bonchev–Trinajstić information content (AvgIpc) is 2.19. The zero-order chi connectivity index (χ0) is 13.3. The van der Waals surface area contributed by atoms with Crippen molar-refractivity contribution in [1.29, 1.82) is 5.41 Å². The van der Waals surface area contributed by atoms with E-state index in [1.807, 2.05) is 0 Å². The average molecular weight is 254 g/mol. The van der Waals surface area contributed by atoms with Gasteiger partial charge in [0, 0.05) is 6.61 Å². The first-order valence-corrected chi connectivity index (χ1v) is 5.88. The lowest BCUT2D eigenvalue weighted by Crippen LogP contribution is -2.38. The number of ether oxygens (including phenoxy) is 1. The molecular formula is C11H21F3N2O. The summed E-state index contributed by atoms with van der Waals surface area (Å²) in [6.07, 6.45) is 0.566. The van der Waals surface area contributed by atoms with Crippen LogP contribution in [0.25, 0.3) is 0 Å². The van der Waals surface area contributed by atoms with Gasteiger partial charge in [-0.1, -0.05) is 32.6 Å². The van der Waals surface area contributed by atoms with Crippen LogP contribution in [0.15, 0.2) is 0 Å². The lowest BCUT2D eigenvalue weighted by atomic mass is 10.1. The standard InChI is InChI=1S/C11H21F3N2O/c1-2-3-4-5-6-7-17-8-9(10(15)16)11(12,13)14/h9H,2-8H2,1H3,(H3,15,16). The van der Waals surface area contributed by atoms with Gasteiger partial charge in [0.2, 0.25) is 0 Å². The SMILES string of the molecule is CCCCCCCOCC(C(=N)N)C(F)(F)F. The molecule has 17 heavy (non-hydrogen) atoms. The van der Waals surface area contributed by atoms with Crippen LogP contribution in [-0.2, 0) is 4.74 Å². The fourth-order valence-electron chi connectivity index (χ4n) is 1.37. The Morgan fingerprint density at radius 3 is 2.29 bits per heavy atom. The third kappa shape index (κ3) is 8.01. The van der Waals surface area contributed by atoms with Crippen molar-refractivity contribution in [3.05, 3.63) is 0 Å². The molecule has 102 valence electrons. The van der Waals surface area contributed by atoms with Crippen molar-refractivity contribution in [2.75, 3.05) is 13.2 Å². The summed E-state index contributed by atoms with van der Waals surface area (Å²) in [5, 5.41) is 6.86. The molecule has 0 saturated heterocycles. The second-order valence-corrected chi connectivity index (χ2v) is 4.04. The van der Waals surface area contributed by atoms with Crippen LogP contribution in [0, 0.1) is 11.3 Å². The summed E-state index contributed by atoms with van der Waals surface area (Å²) in [6, 6.07) is 0. The number of hydrogen-bond acceptors (Lipinski definition) is 2. The largest absolute Gasteiger partial charge is 0.400 e. The van der Waals surface area contributed by atoms with Crippen molar-refractivity contribution in [2.24, 2.45) is 11.7 Å². The molecule has 0 aromatic heterocycles. The quantitative estimate of drug-likeness (QED) is 0.377. The van der Waals surface area contributed by atoms with Crippen molar-refractivity contribution in [1.82, 2.24) is 0 Å². The van der Waals surface area contributed by atoms with E-state index < -0.39 is 24.5 Å². The predicted octanol–water partition coefficient (Wildman–Crippen LogP) is 3.09. The molecule has 0 aromatic carbocycles. The molecule has 1 atom stereocenters. The maximum absolute atomic E-state index is 12.3. The molecule has 0 aliphatic carbocycles. The van der Waals surface area contributed by atoms with Crippen molar-refractivity contribution < 1.29 is 17.9 Å². The molecule has 0 radical (unpaired) electrons. The molecule has 0 bridgehead atoms. The molecule has 0 aromatic rings. The molecule has 0 aliphatic heterocycles. The molecule has 0 saturated carbocycles. The van der Waals surface area contributed by atoms with E-state index in [0.29, 0.717) is 6.61 Å². The predicted molar refractivity (Wildman–Crippen MR) is 61.0 cm³/mol. The highest BCUT2D eigenvalue weighted by atomic mass is 19.4. The summed E-state index contributed by atoms with van der Waals surface area (Å²) in [4.78, 5) is 0. The maximum atomic E-state index is 12.3. The summed E-state index contributed by atoms with van der Waals surface area (Å²) >= 11 is 0. The first-order chi connectivity index (χ1) is 7.89. The van der Waals surface area contributed by atoms with Gasteiger partial charge in [0.1, 0.15) is 11.8 Å². The normalized spacial score (nSPS) is 13.6. The first kappa shape index (κ1) is 16.2. The number of hydrogen-bond donors (Lipinski definition) is 2. The number of nitrogens with one attached hydrogen (secondary N) is 1.